The highest BCUT2D eigenvalue weighted by molar-refractivity contribution is 7.99. The minimum absolute atomic E-state index is 0.185. The Labute approximate surface area is 103 Å². The summed E-state index contributed by atoms with van der Waals surface area (Å²) in [5, 5.41) is 17.8. The Bertz CT molecular complexity index is 526. The zero-order chi connectivity index (χ0) is 12.3. The fourth-order valence-electron chi connectivity index (χ4n) is 1.47. The van der Waals surface area contributed by atoms with E-state index in [4.69, 9.17) is 5.11 Å². The summed E-state index contributed by atoms with van der Waals surface area (Å²) in [6.07, 6.45) is 2.72. The first-order valence-electron chi connectivity index (χ1n) is 5.35. The fourth-order valence-corrected chi connectivity index (χ4v) is 2.42. The van der Waals surface area contributed by atoms with Crippen molar-refractivity contribution in [3.05, 3.63) is 24.4 Å². The number of aliphatic carboxylic acids is 1. The summed E-state index contributed by atoms with van der Waals surface area (Å²) >= 11 is 1.55. The number of carboxylic acid groups (broad SMARTS) is 1. The molecule has 0 radical (unpaired) electrons. The molecule has 2 aromatic rings. The van der Waals surface area contributed by atoms with Crippen molar-refractivity contribution in [2.45, 2.75) is 30.2 Å². The lowest BCUT2D eigenvalue weighted by atomic mass is 10.2. The van der Waals surface area contributed by atoms with Crippen LogP contribution in [0.15, 0.2) is 29.6 Å². The van der Waals surface area contributed by atoms with Gasteiger partial charge in [-0.15, -0.1) is 10.2 Å². The van der Waals surface area contributed by atoms with E-state index in [2.05, 4.69) is 10.2 Å². The Morgan fingerprint density at radius 3 is 3.12 bits per heavy atom. The van der Waals surface area contributed by atoms with E-state index in [-0.39, 0.29) is 11.7 Å². The summed E-state index contributed by atoms with van der Waals surface area (Å²) in [5.74, 6) is -0.761. The second-order valence-corrected chi connectivity index (χ2v) is 5.18. The number of hydrogen-bond donors (Lipinski definition) is 1. The van der Waals surface area contributed by atoms with Crippen molar-refractivity contribution < 1.29 is 9.90 Å². The largest absolute Gasteiger partial charge is 0.481 e. The number of thioether (sulfide) groups is 1. The summed E-state index contributed by atoms with van der Waals surface area (Å²) in [7, 11) is 0. The van der Waals surface area contributed by atoms with Crippen molar-refractivity contribution >= 4 is 23.4 Å². The number of nitrogens with zero attached hydrogens (tertiary/aromatic N) is 3. The molecule has 1 unspecified atom stereocenters. The molecular weight excluding hydrogens is 238 g/mol. The van der Waals surface area contributed by atoms with E-state index < -0.39 is 5.97 Å². The zero-order valence-corrected chi connectivity index (χ0v) is 10.2. The van der Waals surface area contributed by atoms with Crippen molar-refractivity contribution in [2.24, 2.45) is 0 Å². The van der Waals surface area contributed by atoms with Crippen molar-refractivity contribution in [2.75, 3.05) is 0 Å². The lowest BCUT2D eigenvalue weighted by Crippen LogP contribution is -2.03. The Morgan fingerprint density at radius 1 is 1.53 bits per heavy atom. The van der Waals surface area contributed by atoms with Crippen LogP contribution in [0.2, 0.25) is 0 Å². The monoisotopic (exact) mass is 251 g/mol. The second-order valence-electron chi connectivity index (χ2n) is 3.77. The highest BCUT2D eigenvalue weighted by Gasteiger charge is 2.11. The molecule has 0 bridgehead atoms. The van der Waals surface area contributed by atoms with Gasteiger partial charge in [-0.1, -0.05) is 24.8 Å². The van der Waals surface area contributed by atoms with Crippen molar-refractivity contribution in [3.63, 3.8) is 0 Å². The van der Waals surface area contributed by atoms with Crippen LogP contribution in [0.1, 0.15) is 19.8 Å². The van der Waals surface area contributed by atoms with Gasteiger partial charge in [0.25, 0.3) is 0 Å². The molecular formula is C11H13N3O2S. The Balaban J connectivity index is 2.05. The molecule has 2 aromatic heterocycles. The number of hydrogen-bond acceptors (Lipinski definition) is 4. The van der Waals surface area contributed by atoms with Gasteiger partial charge in [0.1, 0.15) is 0 Å². The van der Waals surface area contributed by atoms with Gasteiger partial charge >= 0.3 is 5.97 Å². The van der Waals surface area contributed by atoms with Crippen LogP contribution in [0.3, 0.4) is 0 Å². The molecule has 6 heteroatoms. The van der Waals surface area contributed by atoms with Gasteiger partial charge in [0.2, 0.25) is 0 Å². The minimum Gasteiger partial charge on any atom is -0.481 e. The molecule has 0 spiro atoms. The van der Waals surface area contributed by atoms with Gasteiger partial charge in [-0.05, 0) is 18.6 Å². The fraction of sp³-hybridized carbons (Fsp3) is 0.364. The van der Waals surface area contributed by atoms with E-state index in [1.807, 2.05) is 35.7 Å². The normalized spacial score (nSPS) is 12.8. The maximum Gasteiger partial charge on any atom is 0.303 e. The smallest absolute Gasteiger partial charge is 0.303 e. The van der Waals surface area contributed by atoms with Crippen LogP contribution in [0, 0.1) is 0 Å². The molecule has 5 nitrogen and oxygen atoms in total. The molecule has 0 aliphatic rings. The molecule has 0 saturated heterocycles. The summed E-state index contributed by atoms with van der Waals surface area (Å²) in [4.78, 5) is 10.5. The Hall–Kier alpha value is -1.56. The van der Waals surface area contributed by atoms with E-state index in [0.717, 1.165) is 10.8 Å². The molecule has 0 saturated carbocycles. The lowest BCUT2D eigenvalue weighted by molar-refractivity contribution is -0.137. The molecule has 0 aliphatic carbocycles. The topological polar surface area (TPSA) is 67.5 Å². The third-order valence-electron chi connectivity index (χ3n) is 2.35. The molecule has 2 rings (SSSR count). The lowest BCUT2D eigenvalue weighted by Gasteiger charge is -2.07. The first-order chi connectivity index (χ1) is 8.16. The molecule has 0 aliphatic heterocycles. The van der Waals surface area contributed by atoms with Crippen LogP contribution in [0.25, 0.3) is 5.65 Å². The maximum absolute atomic E-state index is 10.5. The van der Waals surface area contributed by atoms with Crippen LogP contribution >= 0.6 is 11.8 Å². The number of aromatic nitrogens is 3. The van der Waals surface area contributed by atoms with E-state index in [0.29, 0.717) is 6.42 Å². The van der Waals surface area contributed by atoms with E-state index >= 15 is 0 Å². The van der Waals surface area contributed by atoms with Crippen LogP contribution < -0.4 is 0 Å². The van der Waals surface area contributed by atoms with Crippen LogP contribution in [0.4, 0.5) is 0 Å². The zero-order valence-electron chi connectivity index (χ0n) is 9.41. The van der Waals surface area contributed by atoms with Crippen LogP contribution in [-0.2, 0) is 4.79 Å². The average molecular weight is 251 g/mol. The Morgan fingerprint density at radius 2 is 2.35 bits per heavy atom. The highest BCUT2D eigenvalue weighted by Crippen LogP contribution is 2.24. The SMILES string of the molecule is CC(CCC(=O)O)Sc1nnc2ccccn12. The number of rotatable bonds is 5. The summed E-state index contributed by atoms with van der Waals surface area (Å²) < 4.78 is 1.90. The Kier molecular flexibility index (Phi) is 3.63. The van der Waals surface area contributed by atoms with Gasteiger partial charge < -0.3 is 5.11 Å². The maximum atomic E-state index is 10.5. The molecule has 2 heterocycles. The van der Waals surface area contributed by atoms with Crippen molar-refractivity contribution in [3.8, 4) is 0 Å². The summed E-state index contributed by atoms with van der Waals surface area (Å²) in [6.45, 7) is 2.00. The van der Waals surface area contributed by atoms with E-state index in [9.17, 15) is 4.79 Å². The minimum atomic E-state index is -0.761. The first kappa shape index (κ1) is 11.9. The van der Waals surface area contributed by atoms with Crippen LogP contribution in [0.5, 0.6) is 0 Å². The van der Waals surface area contributed by atoms with Crippen molar-refractivity contribution in [1.82, 2.24) is 14.6 Å². The molecule has 90 valence electrons. The molecule has 17 heavy (non-hydrogen) atoms. The quantitative estimate of drug-likeness (QED) is 0.824. The number of carbonyl (C=O) groups is 1. The van der Waals surface area contributed by atoms with Gasteiger partial charge in [-0.3, -0.25) is 9.20 Å². The molecule has 0 amide bonds. The number of pyridine rings is 1. The second kappa shape index (κ2) is 5.18. The summed E-state index contributed by atoms with van der Waals surface area (Å²) in [6, 6.07) is 5.72. The van der Waals surface area contributed by atoms with Gasteiger partial charge in [0, 0.05) is 17.9 Å². The number of fused-ring (bicyclic) bond motifs is 1. The van der Waals surface area contributed by atoms with Gasteiger partial charge in [-0.2, -0.15) is 0 Å². The third kappa shape index (κ3) is 2.97. The van der Waals surface area contributed by atoms with E-state index in [1.54, 1.807) is 11.8 Å². The van der Waals surface area contributed by atoms with Gasteiger partial charge in [0.05, 0.1) is 0 Å². The average Bonchev–Trinajstić information content (AvgIpc) is 2.70. The van der Waals surface area contributed by atoms with Crippen LogP contribution in [-0.4, -0.2) is 30.9 Å². The van der Waals surface area contributed by atoms with Gasteiger partial charge in [-0.25, -0.2) is 0 Å². The first-order valence-corrected chi connectivity index (χ1v) is 6.23. The van der Waals surface area contributed by atoms with Crippen molar-refractivity contribution in [1.29, 1.82) is 0 Å². The predicted octanol–water partition coefficient (Wildman–Crippen LogP) is 2.07. The molecule has 0 aromatic carbocycles. The number of carboxylic acids is 1. The third-order valence-corrected chi connectivity index (χ3v) is 3.48. The summed E-state index contributed by atoms with van der Waals surface area (Å²) in [5.41, 5.74) is 0.806. The molecule has 0 fully saturated rings. The van der Waals surface area contributed by atoms with Gasteiger partial charge in [0.15, 0.2) is 10.8 Å². The van der Waals surface area contributed by atoms with E-state index in [1.165, 1.54) is 0 Å². The standard InChI is InChI=1S/C11H13N3O2S/c1-8(5-6-10(15)16)17-11-13-12-9-4-2-3-7-14(9)11/h2-4,7-8H,5-6H2,1H3,(H,15,16). The predicted molar refractivity (Wildman–Crippen MR) is 65.2 cm³/mol. The molecule has 1 N–H and O–H groups in total. The molecule has 1 atom stereocenters. The highest BCUT2D eigenvalue weighted by atomic mass is 32.2.